The van der Waals surface area contributed by atoms with Crippen molar-refractivity contribution in [2.45, 2.75) is 70.0 Å². The minimum atomic E-state index is -0.0129. The highest BCUT2D eigenvalue weighted by molar-refractivity contribution is 5.77. The molecule has 0 unspecified atom stereocenters. The standard InChI is InChI=1S/C13H24N2O2/c14-15-13(16)10-6-8-12(9-7-10)17-11-4-2-1-3-5-11/h10-12H,1-9,14H2,(H,15,16)/t10-,12-. The fourth-order valence-electron chi connectivity index (χ4n) is 3.05. The minimum Gasteiger partial charge on any atom is -0.375 e. The summed E-state index contributed by atoms with van der Waals surface area (Å²) in [6, 6.07) is 0. The van der Waals surface area contributed by atoms with Crippen LogP contribution in [0.4, 0.5) is 0 Å². The largest absolute Gasteiger partial charge is 0.375 e. The quantitative estimate of drug-likeness (QED) is 0.450. The van der Waals surface area contributed by atoms with E-state index in [0.717, 1.165) is 25.7 Å². The Morgan fingerprint density at radius 3 is 2.12 bits per heavy atom. The molecule has 0 aromatic carbocycles. The van der Waals surface area contributed by atoms with Crippen molar-refractivity contribution in [2.24, 2.45) is 11.8 Å². The third kappa shape index (κ3) is 3.68. The lowest BCUT2D eigenvalue weighted by Crippen LogP contribution is -2.39. The van der Waals surface area contributed by atoms with E-state index in [1.807, 2.05) is 0 Å². The molecule has 0 aliphatic heterocycles. The number of carbonyl (C=O) groups is 1. The Morgan fingerprint density at radius 2 is 1.53 bits per heavy atom. The van der Waals surface area contributed by atoms with Crippen molar-refractivity contribution in [1.29, 1.82) is 0 Å². The van der Waals surface area contributed by atoms with Crippen LogP contribution in [0.2, 0.25) is 0 Å². The van der Waals surface area contributed by atoms with Gasteiger partial charge in [-0.3, -0.25) is 10.2 Å². The number of hydrogen-bond donors (Lipinski definition) is 2. The van der Waals surface area contributed by atoms with Gasteiger partial charge in [-0.25, -0.2) is 5.84 Å². The second-order valence-electron chi connectivity index (χ2n) is 5.38. The normalized spacial score (nSPS) is 31.1. The average molecular weight is 240 g/mol. The minimum absolute atomic E-state index is 0.0129. The molecule has 4 nitrogen and oxygen atoms in total. The lowest BCUT2D eigenvalue weighted by atomic mass is 9.86. The summed E-state index contributed by atoms with van der Waals surface area (Å²) in [5, 5.41) is 0. The van der Waals surface area contributed by atoms with Gasteiger partial charge in [0.25, 0.3) is 0 Å². The summed E-state index contributed by atoms with van der Waals surface area (Å²) >= 11 is 0. The van der Waals surface area contributed by atoms with E-state index in [4.69, 9.17) is 10.6 Å². The number of nitrogens with one attached hydrogen (secondary N) is 1. The van der Waals surface area contributed by atoms with Gasteiger partial charge in [-0.2, -0.15) is 0 Å². The summed E-state index contributed by atoms with van der Waals surface area (Å²) in [5.74, 6) is 5.25. The molecule has 17 heavy (non-hydrogen) atoms. The van der Waals surface area contributed by atoms with Gasteiger partial charge in [-0.15, -0.1) is 0 Å². The zero-order valence-electron chi connectivity index (χ0n) is 10.5. The Hall–Kier alpha value is -0.610. The maximum absolute atomic E-state index is 11.4. The summed E-state index contributed by atoms with van der Waals surface area (Å²) in [5.41, 5.74) is 2.25. The van der Waals surface area contributed by atoms with Gasteiger partial charge in [0.2, 0.25) is 5.91 Å². The van der Waals surface area contributed by atoms with E-state index >= 15 is 0 Å². The van der Waals surface area contributed by atoms with E-state index in [-0.39, 0.29) is 11.8 Å². The number of rotatable bonds is 3. The first kappa shape index (κ1) is 12.8. The molecule has 98 valence electrons. The van der Waals surface area contributed by atoms with Crippen LogP contribution in [0.15, 0.2) is 0 Å². The first-order valence-electron chi connectivity index (χ1n) is 6.95. The van der Waals surface area contributed by atoms with E-state index < -0.39 is 0 Å². The van der Waals surface area contributed by atoms with Crippen LogP contribution in [0.5, 0.6) is 0 Å². The van der Waals surface area contributed by atoms with Crippen LogP contribution < -0.4 is 11.3 Å². The van der Waals surface area contributed by atoms with E-state index in [1.54, 1.807) is 0 Å². The fraction of sp³-hybridized carbons (Fsp3) is 0.923. The second-order valence-corrected chi connectivity index (χ2v) is 5.38. The molecule has 0 spiro atoms. The molecule has 0 heterocycles. The Balaban J connectivity index is 1.69. The number of hydrazine groups is 1. The van der Waals surface area contributed by atoms with Crippen LogP contribution in [0.25, 0.3) is 0 Å². The molecular weight excluding hydrogens is 216 g/mol. The van der Waals surface area contributed by atoms with E-state index in [9.17, 15) is 4.79 Å². The van der Waals surface area contributed by atoms with Gasteiger partial charge in [-0.1, -0.05) is 19.3 Å². The Kier molecular flexibility index (Phi) is 4.80. The van der Waals surface area contributed by atoms with Crippen molar-refractivity contribution in [3.63, 3.8) is 0 Å². The zero-order chi connectivity index (χ0) is 12.1. The van der Waals surface area contributed by atoms with Crippen molar-refractivity contribution >= 4 is 5.91 Å². The first-order valence-corrected chi connectivity index (χ1v) is 6.95. The molecule has 0 radical (unpaired) electrons. The van der Waals surface area contributed by atoms with Crippen molar-refractivity contribution in [3.05, 3.63) is 0 Å². The topological polar surface area (TPSA) is 64.3 Å². The molecular formula is C13H24N2O2. The summed E-state index contributed by atoms with van der Waals surface area (Å²) in [6.07, 6.45) is 11.2. The molecule has 2 aliphatic carbocycles. The average Bonchev–Trinajstić information content (AvgIpc) is 2.40. The Labute approximate surface area is 103 Å². The van der Waals surface area contributed by atoms with Crippen LogP contribution in [-0.4, -0.2) is 18.1 Å². The van der Waals surface area contributed by atoms with E-state index in [0.29, 0.717) is 12.2 Å². The second kappa shape index (κ2) is 6.36. The highest BCUT2D eigenvalue weighted by Gasteiger charge is 2.28. The molecule has 2 saturated carbocycles. The lowest BCUT2D eigenvalue weighted by molar-refractivity contribution is -0.127. The third-order valence-electron chi connectivity index (χ3n) is 4.12. The number of nitrogens with two attached hydrogens (primary N) is 1. The highest BCUT2D eigenvalue weighted by atomic mass is 16.5. The van der Waals surface area contributed by atoms with Crippen molar-refractivity contribution in [1.82, 2.24) is 5.43 Å². The summed E-state index contributed by atoms with van der Waals surface area (Å²) in [7, 11) is 0. The maximum atomic E-state index is 11.4. The van der Waals surface area contributed by atoms with E-state index in [2.05, 4.69) is 5.43 Å². The van der Waals surface area contributed by atoms with Gasteiger partial charge in [0.05, 0.1) is 12.2 Å². The summed E-state index contributed by atoms with van der Waals surface area (Å²) in [4.78, 5) is 11.4. The Bertz CT molecular complexity index is 244. The van der Waals surface area contributed by atoms with Gasteiger partial charge in [-0.05, 0) is 38.5 Å². The summed E-state index contributed by atoms with van der Waals surface area (Å²) < 4.78 is 6.13. The fourth-order valence-corrected chi connectivity index (χ4v) is 3.05. The number of hydrogen-bond acceptors (Lipinski definition) is 3. The molecule has 0 aromatic rings. The predicted molar refractivity (Wildman–Crippen MR) is 66.0 cm³/mol. The van der Waals surface area contributed by atoms with Crippen LogP contribution in [-0.2, 0) is 9.53 Å². The molecule has 0 bridgehead atoms. The molecule has 3 N–H and O–H groups in total. The van der Waals surface area contributed by atoms with E-state index in [1.165, 1.54) is 32.1 Å². The van der Waals surface area contributed by atoms with Gasteiger partial charge in [0.1, 0.15) is 0 Å². The number of amides is 1. The highest BCUT2D eigenvalue weighted by Crippen LogP contribution is 2.30. The van der Waals surface area contributed by atoms with Crippen LogP contribution in [0.1, 0.15) is 57.8 Å². The van der Waals surface area contributed by atoms with Gasteiger partial charge >= 0.3 is 0 Å². The molecule has 0 atom stereocenters. The number of carbonyl (C=O) groups excluding carboxylic acids is 1. The molecule has 2 rings (SSSR count). The maximum Gasteiger partial charge on any atom is 0.236 e. The Morgan fingerprint density at radius 1 is 0.941 bits per heavy atom. The third-order valence-corrected chi connectivity index (χ3v) is 4.12. The van der Waals surface area contributed by atoms with Crippen molar-refractivity contribution in [3.8, 4) is 0 Å². The molecule has 2 aliphatic rings. The molecule has 2 fully saturated rings. The molecule has 1 amide bonds. The van der Waals surface area contributed by atoms with Crippen molar-refractivity contribution in [2.75, 3.05) is 0 Å². The van der Waals surface area contributed by atoms with Crippen LogP contribution >= 0.6 is 0 Å². The summed E-state index contributed by atoms with van der Waals surface area (Å²) in [6.45, 7) is 0. The SMILES string of the molecule is NNC(=O)[C@H]1CC[C@H](OC2CCCCC2)CC1. The monoisotopic (exact) mass is 240 g/mol. The van der Waals surface area contributed by atoms with Gasteiger partial charge in [0.15, 0.2) is 0 Å². The number of ether oxygens (including phenoxy) is 1. The zero-order valence-corrected chi connectivity index (χ0v) is 10.5. The van der Waals surface area contributed by atoms with Crippen LogP contribution in [0.3, 0.4) is 0 Å². The first-order chi connectivity index (χ1) is 8.29. The van der Waals surface area contributed by atoms with Gasteiger partial charge < -0.3 is 4.74 Å². The van der Waals surface area contributed by atoms with Crippen LogP contribution in [0, 0.1) is 5.92 Å². The molecule has 4 heteroatoms. The molecule has 0 saturated heterocycles. The smallest absolute Gasteiger partial charge is 0.236 e. The van der Waals surface area contributed by atoms with Crippen molar-refractivity contribution < 1.29 is 9.53 Å². The lowest BCUT2D eigenvalue weighted by Gasteiger charge is -2.32. The van der Waals surface area contributed by atoms with Gasteiger partial charge in [0, 0.05) is 5.92 Å². The molecule has 0 aromatic heterocycles. The predicted octanol–water partition coefficient (Wildman–Crippen LogP) is 1.88.